The van der Waals surface area contributed by atoms with Crippen LogP contribution >= 0.6 is 67.8 Å². The van der Waals surface area contributed by atoms with E-state index >= 15 is 0 Å². The van der Waals surface area contributed by atoms with Crippen molar-refractivity contribution in [2.75, 3.05) is 19.6 Å². The maximum atomic E-state index is 12.2. The minimum atomic E-state index is -1.51. The van der Waals surface area contributed by atoms with E-state index in [1.165, 1.54) is 0 Å². The van der Waals surface area contributed by atoms with Gasteiger partial charge in [-0.15, -0.1) is 5.12 Å². The minimum absolute atomic E-state index is 0.0473. The predicted molar refractivity (Wildman–Crippen MR) is 121 cm³/mol. The summed E-state index contributed by atoms with van der Waals surface area (Å²) in [6.45, 7) is 0. The molecule has 2 amide bonds. The first-order valence-electron chi connectivity index (χ1n) is 7.13. The van der Waals surface area contributed by atoms with E-state index in [2.05, 4.69) is 14.9 Å². The van der Waals surface area contributed by atoms with E-state index < -0.39 is 46.8 Å². The number of amides is 2. The van der Waals surface area contributed by atoms with Crippen molar-refractivity contribution in [1.82, 2.24) is 10.5 Å². The highest BCUT2D eigenvalue weighted by atomic mass is 127. The monoisotopic (exact) mass is 761 g/mol. The fourth-order valence-corrected chi connectivity index (χ4v) is 6.13. The van der Waals surface area contributed by atoms with Crippen LogP contribution in [0.4, 0.5) is 5.69 Å². The van der Waals surface area contributed by atoms with Gasteiger partial charge in [0, 0.05) is 3.57 Å². The molecule has 1 rings (SSSR count). The Hall–Kier alpha value is -1.97. The molecule has 0 radical (unpaired) electrons. The van der Waals surface area contributed by atoms with Crippen molar-refractivity contribution in [3.63, 3.8) is 0 Å². The molecule has 0 bridgehead atoms. The zero-order valence-corrected chi connectivity index (χ0v) is 21.2. The molecule has 0 saturated carbocycles. The van der Waals surface area contributed by atoms with Crippen molar-refractivity contribution in [2.24, 2.45) is 0 Å². The van der Waals surface area contributed by atoms with Crippen molar-refractivity contribution in [3.8, 4) is 0 Å². The number of nitrogens with one attached hydrogen (secondary N) is 2. The molecular weight excluding hydrogens is 751 g/mol. The Labute approximate surface area is 208 Å². The van der Waals surface area contributed by atoms with Gasteiger partial charge in [-0.3, -0.25) is 15.0 Å². The second kappa shape index (κ2) is 10.9. The molecule has 0 saturated heterocycles. The smallest absolute Gasteiger partial charge is 0.400 e. The first-order chi connectivity index (χ1) is 13.9. The van der Waals surface area contributed by atoms with Crippen LogP contribution in [-0.4, -0.2) is 65.2 Å². The third-order valence-electron chi connectivity index (χ3n) is 3.12. The van der Waals surface area contributed by atoms with Gasteiger partial charge in [-0.1, -0.05) is 0 Å². The fourth-order valence-electron chi connectivity index (χ4n) is 1.80. The molecule has 162 valence electrons. The van der Waals surface area contributed by atoms with E-state index in [0.717, 1.165) is 14.2 Å². The SMILES string of the molecule is COC(=O)C(=O)NN(Nc1c(I)c(C(=O)O)c(I)c(C(=O)O)c1I)C(=O)C(=O)OC. The average molecular weight is 761 g/mol. The number of carbonyl (C=O) groups excluding carboxylic acids is 4. The molecule has 0 aliphatic carbocycles. The highest BCUT2D eigenvalue weighted by Gasteiger charge is 2.32. The molecular formula is C14H10I3N3O10. The maximum absolute atomic E-state index is 12.2. The molecule has 13 nitrogen and oxygen atoms in total. The normalized spacial score (nSPS) is 9.90. The third kappa shape index (κ3) is 5.59. The Morgan fingerprint density at radius 2 is 1.23 bits per heavy atom. The fraction of sp³-hybridized carbons (Fsp3) is 0.143. The first-order valence-corrected chi connectivity index (χ1v) is 10.4. The number of esters is 2. The van der Waals surface area contributed by atoms with E-state index in [1.807, 2.05) is 0 Å². The van der Waals surface area contributed by atoms with Crippen LogP contribution in [0.2, 0.25) is 0 Å². The van der Waals surface area contributed by atoms with Crippen LogP contribution in [0.1, 0.15) is 20.7 Å². The van der Waals surface area contributed by atoms with E-state index in [-0.39, 0.29) is 21.5 Å². The van der Waals surface area contributed by atoms with Gasteiger partial charge < -0.3 is 19.7 Å². The lowest BCUT2D eigenvalue weighted by Crippen LogP contribution is -2.54. The van der Waals surface area contributed by atoms with E-state index in [9.17, 15) is 39.0 Å². The van der Waals surface area contributed by atoms with Gasteiger partial charge >= 0.3 is 35.7 Å². The van der Waals surface area contributed by atoms with Gasteiger partial charge in [-0.25, -0.2) is 24.6 Å². The van der Waals surface area contributed by atoms with E-state index in [0.29, 0.717) is 0 Å². The number of nitrogens with zero attached hydrogens (tertiary/aromatic N) is 1. The number of carbonyl (C=O) groups is 6. The summed E-state index contributed by atoms with van der Waals surface area (Å²) in [7, 11) is 1.77. The Balaban J connectivity index is 3.65. The molecule has 0 atom stereocenters. The average Bonchev–Trinajstić information content (AvgIpc) is 2.67. The van der Waals surface area contributed by atoms with Crippen molar-refractivity contribution < 1.29 is 48.5 Å². The molecule has 0 heterocycles. The molecule has 30 heavy (non-hydrogen) atoms. The topological polar surface area (TPSA) is 189 Å². The Morgan fingerprint density at radius 1 is 0.800 bits per heavy atom. The molecule has 0 fully saturated rings. The van der Waals surface area contributed by atoms with Crippen LogP contribution in [-0.2, 0) is 28.7 Å². The van der Waals surface area contributed by atoms with Gasteiger partial charge in [0.05, 0.1) is 38.2 Å². The number of hydrazine groups is 2. The number of carboxylic acids is 2. The molecule has 4 N–H and O–H groups in total. The quantitative estimate of drug-likeness (QED) is 0.144. The molecule has 0 unspecified atom stereocenters. The van der Waals surface area contributed by atoms with Crippen LogP contribution in [0.5, 0.6) is 0 Å². The number of anilines is 1. The predicted octanol–water partition coefficient (Wildman–Crippen LogP) is 0.430. The molecule has 1 aromatic carbocycles. The standard InChI is InChI=1S/C14H10I3N3O10/c1-29-13(27)9(21)19-20(10(22)14(28)30-2)18-8-6(16)3(11(23)24)5(15)4(7(8)17)12(25)26/h18H,1-2H3,(H,19,21)(H,23,24)(H,25,26). The number of benzene rings is 1. The van der Waals surface area contributed by atoms with E-state index in [1.54, 1.807) is 73.2 Å². The lowest BCUT2D eigenvalue weighted by atomic mass is 10.1. The van der Waals surface area contributed by atoms with Gasteiger partial charge in [0.15, 0.2) is 0 Å². The third-order valence-corrected chi connectivity index (χ3v) is 6.35. The zero-order chi connectivity index (χ0) is 23.3. The minimum Gasteiger partial charge on any atom is -0.478 e. The molecule has 1 aromatic rings. The number of carboxylic acid groups (broad SMARTS) is 2. The highest BCUT2D eigenvalue weighted by molar-refractivity contribution is 14.1. The summed E-state index contributed by atoms with van der Waals surface area (Å²) >= 11 is 4.71. The number of rotatable bonds is 4. The first kappa shape index (κ1) is 26.1. The molecule has 16 heteroatoms. The van der Waals surface area contributed by atoms with Gasteiger partial charge in [0.1, 0.15) is 0 Å². The Morgan fingerprint density at radius 3 is 1.60 bits per heavy atom. The second-order valence-corrected chi connectivity index (χ2v) is 8.09. The highest BCUT2D eigenvalue weighted by Crippen LogP contribution is 2.35. The van der Waals surface area contributed by atoms with Crippen molar-refractivity contribution in [1.29, 1.82) is 0 Å². The second-order valence-electron chi connectivity index (χ2n) is 4.85. The van der Waals surface area contributed by atoms with Gasteiger partial charge in [-0.05, 0) is 67.8 Å². The number of aromatic carboxylic acids is 2. The number of hydrogen-bond donors (Lipinski definition) is 4. The largest absolute Gasteiger partial charge is 0.478 e. The molecule has 0 aliphatic heterocycles. The summed E-state index contributed by atoms with van der Waals surface area (Å²) in [6, 6.07) is 0. The van der Waals surface area contributed by atoms with Crippen molar-refractivity contribution in [3.05, 3.63) is 21.8 Å². The van der Waals surface area contributed by atoms with Gasteiger partial charge in [0.25, 0.3) is 0 Å². The van der Waals surface area contributed by atoms with Crippen molar-refractivity contribution in [2.45, 2.75) is 0 Å². The zero-order valence-electron chi connectivity index (χ0n) is 14.7. The van der Waals surface area contributed by atoms with Crippen molar-refractivity contribution >= 4 is 109 Å². The van der Waals surface area contributed by atoms with Crippen LogP contribution in [0, 0.1) is 10.7 Å². The van der Waals surface area contributed by atoms with Gasteiger partial charge in [-0.2, -0.15) is 0 Å². The van der Waals surface area contributed by atoms with Gasteiger partial charge in [0.2, 0.25) is 0 Å². The van der Waals surface area contributed by atoms with E-state index in [4.69, 9.17) is 0 Å². The van der Waals surface area contributed by atoms with Crippen LogP contribution < -0.4 is 10.9 Å². The van der Waals surface area contributed by atoms with Crippen LogP contribution in [0.15, 0.2) is 0 Å². The number of ether oxygens (including phenoxy) is 2. The summed E-state index contributed by atoms with van der Waals surface area (Å²) < 4.78 is 8.29. The number of methoxy groups -OCH3 is 2. The Kier molecular flexibility index (Phi) is 9.45. The Bertz CT molecular complexity index is 924. The summed E-state index contributed by atoms with van der Waals surface area (Å²) in [6.07, 6.45) is 0. The molecule has 0 spiro atoms. The maximum Gasteiger partial charge on any atom is 0.400 e. The number of halogens is 3. The lowest BCUT2D eigenvalue weighted by Gasteiger charge is -2.25. The van der Waals surface area contributed by atoms with Crippen LogP contribution in [0.25, 0.3) is 0 Å². The molecule has 0 aromatic heterocycles. The summed E-state index contributed by atoms with van der Waals surface area (Å²) in [5, 5.41) is 19.1. The van der Waals surface area contributed by atoms with Crippen LogP contribution in [0.3, 0.4) is 0 Å². The molecule has 0 aliphatic rings. The summed E-state index contributed by atoms with van der Waals surface area (Å²) in [5.41, 5.74) is 2.96. The summed E-state index contributed by atoms with van der Waals surface area (Å²) in [5.74, 6) is -8.77. The number of hydrogen-bond acceptors (Lipinski definition) is 9. The lowest BCUT2D eigenvalue weighted by molar-refractivity contribution is -0.163. The summed E-state index contributed by atoms with van der Waals surface area (Å²) in [4.78, 5) is 70.3.